The van der Waals surface area contributed by atoms with E-state index in [9.17, 15) is 9.59 Å². The number of aromatic amines is 1. The van der Waals surface area contributed by atoms with E-state index in [1.54, 1.807) is 11.3 Å². The second-order valence-electron chi connectivity index (χ2n) is 8.19. The zero-order valence-electron chi connectivity index (χ0n) is 16.6. The van der Waals surface area contributed by atoms with Crippen molar-refractivity contribution in [2.24, 2.45) is 5.92 Å². The number of carbonyl (C=O) groups is 1. The highest BCUT2D eigenvalue weighted by Crippen LogP contribution is 2.26. The van der Waals surface area contributed by atoms with Crippen molar-refractivity contribution in [1.29, 1.82) is 0 Å². The highest BCUT2D eigenvalue weighted by Gasteiger charge is 2.29. The van der Waals surface area contributed by atoms with Gasteiger partial charge in [-0.1, -0.05) is 19.9 Å². The number of piperidine rings is 1. The van der Waals surface area contributed by atoms with E-state index in [-0.39, 0.29) is 23.3 Å². The van der Waals surface area contributed by atoms with Crippen LogP contribution in [0.25, 0.3) is 0 Å². The van der Waals surface area contributed by atoms with Crippen molar-refractivity contribution in [3.63, 3.8) is 0 Å². The molecular formula is C21H28N4O2S. The van der Waals surface area contributed by atoms with Crippen LogP contribution in [0.4, 0.5) is 0 Å². The molecule has 0 saturated carbocycles. The smallest absolute Gasteiger partial charge is 0.255 e. The molecule has 6 nitrogen and oxygen atoms in total. The van der Waals surface area contributed by atoms with E-state index >= 15 is 0 Å². The van der Waals surface area contributed by atoms with Crippen molar-refractivity contribution < 1.29 is 4.79 Å². The summed E-state index contributed by atoms with van der Waals surface area (Å²) in [6, 6.07) is 4.20. The zero-order chi connectivity index (χ0) is 19.7. The summed E-state index contributed by atoms with van der Waals surface area (Å²) >= 11 is 1.75. The molecule has 0 spiro atoms. The lowest BCUT2D eigenvalue weighted by Gasteiger charge is -2.34. The molecule has 2 aliphatic heterocycles. The first-order chi connectivity index (χ1) is 13.5. The lowest BCUT2D eigenvalue weighted by atomic mass is 9.95. The van der Waals surface area contributed by atoms with Crippen LogP contribution in [0.1, 0.15) is 54.6 Å². The van der Waals surface area contributed by atoms with E-state index in [0.29, 0.717) is 13.1 Å². The van der Waals surface area contributed by atoms with Crippen LogP contribution in [0, 0.1) is 5.92 Å². The number of nitrogens with zero attached hydrogens (tertiary/aromatic N) is 3. The first-order valence-electron chi connectivity index (χ1n) is 10.2. The highest BCUT2D eigenvalue weighted by atomic mass is 32.1. The van der Waals surface area contributed by atoms with Crippen LogP contribution in [0.15, 0.2) is 22.3 Å². The summed E-state index contributed by atoms with van der Waals surface area (Å²) in [7, 11) is 0. The Morgan fingerprint density at radius 2 is 2.25 bits per heavy atom. The molecule has 4 heterocycles. The van der Waals surface area contributed by atoms with Crippen LogP contribution >= 0.6 is 11.3 Å². The Bertz CT molecular complexity index is 890. The molecule has 0 aliphatic carbocycles. The summed E-state index contributed by atoms with van der Waals surface area (Å²) in [6.45, 7) is 7.79. The Morgan fingerprint density at radius 1 is 1.39 bits per heavy atom. The third-order valence-electron chi connectivity index (χ3n) is 5.74. The maximum absolute atomic E-state index is 12.8. The Hall–Kier alpha value is -1.99. The summed E-state index contributed by atoms with van der Waals surface area (Å²) in [5.41, 5.74) is 1.73. The van der Waals surface area contributed by atoms with Gasteiger partial charge in [0.25, 0.3) is 5.56 Å². The van der Waals surface area contributed by atoms with Crippen molar-refractivity contribution in [3.8, 4) is 0 Å². The van der Waals surface area contributed by atoms with Crippen molar-refractivity contribution in [2.75, 3.05) is 19.6 Å². The monoisotopic (exact) mass is 400 g/mol. The molecule has 0 radical (unpaired) electrons. The fourth-order valence-electron chi connectivity index (χ4n) is 4.22. The minimum Gasteiger partial charge on any atom is -0.342 e. The number of hydrogen-bond donors (Lipinski definition) is 1. The molecule has 28 heavy (non-hydrogen) atoms. The number of rotatable bonds is 4. The predicted molar refractivity (Wildman–Crippen MR) is 110 cm³/mol. The maximum atomic E-state index is 12.8. The summed E-state index contributed by atoms with van der Waals surface area (Å²) in [4.78, 5) is 38.6. The molecule has 1 unspecified atom stereocenters. The number of aromatic nitrogens is 2. The predicted octanol–water partition coefficient (Wildman–Crippen LogP) is 2.75. The molecule has 2 aromatic heterocycles. The summed E-state index contributed by atoms with van der Waals surface area (Å²) in [5.74, 6) is 1.08. The van der Waals surface area contributed by atoms with Crippen LogP contribution in [0.3, 0.4) is 0 Å². The number of likely N-dealkylation sites (tertiary alicyclic amines) is 1. The number of thiophene rings is 1. The Kier molecular flexibility index (Phi) is 5.64. The number of amides is 1. The van der Waals surface area contributed by atoms with Gasteiger partial charge < -0.3 is 9.88 Å². The van der Waals surface area contributed by atoms with Crippen LogP contribution in [-0.4, -0.2) is 45.3 Å². The summed E-state index contributed by atoms with van der Waals surface area (Å²) < 4.78 is 0. The highest BCUT2D eigenvalue weighted by molar-refractivity contribution is 7.09. The molecule has 0 bridgehead atoms. The molecule has 4 rings (SSSR count). The lowest BCUT2D eigenvalue weighted by molar-refractivity contribution is -0.135. The number of nitrogens with one attached hydrogen (secondary N) is 1. The average molecular weight is 401 g/mol. The van der Waals surface area contributed by atoms with Gasteiger partial charge in [0, 0.05) is 55.9 Å². The standard InChI is InChI=1S/C21H28N4O2S/c1-14(2)21(27)25-8-3-5-15(11-25)19-22-18-7-9-24(12-16-6-4-10-28-16)13-17(18)20(26)23-19/h4,6,10,14-15H,3,5,7-9,11-13H2,1-2H3,(H,22,23,26). The van der Waals surface area contributed by atoms with Crippen LogP contribution in [0.2, 0.25) is 0 Å². The van der Waals surface area contributed by atoms with Gasteiger partial charge in [-0.15, -0.1) is 11.3 Å². The molecule has 1 N–H and O–H groups in total. The zero-order valence-corrected chi connectivity index (χ0v) is 17.4. The molecule has 2 aliphatic rings. The number of fused-ring (bicyclic) bond motifs is 1. The van der Waals surface area contributed by atoms with Gasteiger partial charge >= 0.3 is 0 Å². The van der Waals surface area contributed by atoms with Gasteiger partial charge in [0.15, 0.2) is 0 Å². The van der Waals surface area contributed by atoms with E-state index in [2.05, 4.69) is 27.4 Å². The van der Waals surface area contributed by atoms with Gasteiger partial charge in [0.2, 0.25) is 5.91 Å². The topological polar surface area (TPSA) is 69.3 Å². The minimum atomic E-state index is -0.0109. The molecule has 1 saturated heterocycles. The number of H-pyrrole nitrogens is 1. The van der Waals surface area contributed by atoms with Gasteiger partial charge in [0.1, 0.15) is 5.82 Å². The van der Waals surface area contributed by atoms with E-state index in [0.717, 1.165) is 56.0 Å². The first kappa shape index (κ1) is 19.3. The van der Waals surface area contributed by atoms with Gasteiger partial charge in [-0.3, -0.25) is 14.5 Å². The van der Waals surface area contributed by atoms with Crippen LogP contribution in [-0.2, 0) is 24.3 Å². The molecular weight excluding hydrogens is 372 g/mol. The molecule has 1 amide bonds. The fourth-order valence-corrected chi connectivity index (χ4v) is 4.96. The molecule has 1 atom stereocenters. The van der Waals surface area contributed by atoms with Crippen molar-refractivity contribution in [1.82, 2.24) is 19.8 Å². The molecule has 0 aromatic carbocycles. The average Bonchev–Trinajstić information content (AvgIpc) is 3.20. The molecule has 1 fully saturated rings. The largest absolute Gasteiger partial charge is 0.342 e. The second-order valence-corrected chi connectivity index (χ2v) is 9.23. The van der Waals surface area contributed by atoms with E-state index < -0.39 is 0 Å². The third kappa shape index (κ3) is 4.05. The SMILES string of the molecule is CC(C)C(=O)N1CCCC(c2nc3c(c(=O)[nH]2)CN(Cc2cccs2)CC3)C1. The van der Waals surface area contributed by atoms with Gasteiger partial charge in [-0.25, -0.2) is 4.98 Å². The van der Waals surface area contributed by atoms with E-state index in [1.807, 2.05) is 18.7 Å². The van der Waals surface area contributed by atoms with Gasteiger partial charge in [0.05, 0.1) is 11.3 Å². The lowest BCUT2D eigenvalue weighted by Crippen LogP contribution is -2.42. The first-order valence-corrected chi connectivity index (χ1v) is 11.0. The second kappa shape index (κ2) is 8.17. The van der Waals surface area contributed by atoms with Crippen molar-refractivity contribution in [3.05, 3.63) is 49.8 Å². The number of hydrogen-bond acceptors (Lipinski definition) is 5. The number of carbonyl (C=O) groups excluding carboxylic acids is 1. The maximum Gasteiger partial charge on any atom is 0.255 e. The van der Waals surface area contributed by atoms with Crippen LogP contribution < -0.4 is 5.56 Å². The normalized spacial score (nSPS) is 20.4. The molecule has 150 valence electrons. The summed E-state index contributed by atoms with van der Waals surface area (Å²) in [6.07, 6.45) is 2.73. The van der Waals surface area contributed by atoms with E-state index in [1.165, 1.54) is 4.88 Å². The van der Waals surface area contributed by atoms with Gasteiger partial charge in [-0.05, 0) is 24.3 Å². The Balaban J connectivity index is 1.50. The quantitative estimate of drug-likeness (QED) is 0.857. The third-order valence-corrected chi connectivity index (χ3v) is 6.60. The van der Waals surface area contributed by atoms with Crippen molar-refractivity contribution in [2.45, 2.75) is 52.1 Å². The Morgan fingerprint density at radius 3 is 3.00 bits per heavy atom. The molecule has 7 heteroatoms. The fraction of sp³-hybridized carbons (Fsp3) is 0.571. The molecule has 2 aromatic rings. The Labute approximate surface area is 169 Å². The van der Waals surface area contributed by atoms with Gasteiger partial charge in [-0.2, -0.15) is 0 Å². The minimum absolute atomic E-state index is 0.00335. The van der Waals surface area contributed by atoms with E-state index in [4.69, 9.17) is 4.98 Å². The van der Waals surface area contributed by atoms with Crippen molar-refractivity contribution >= 4 is 17.2 Å². The summed E-state index contributed by atoms with van der Waals surface area (Å²) in [5, 5.41) is 2.09. The van der Waals surface area contributed by atoms with Crippen LogP contribution in [0.5, 0.6) is 0 Å².